The van der Waals surface area contributed by atoms with Gasteiger partial charge in [-0.05, 0) is 81.1 Å². The molecular formula is C19H22FNS. The molecule has 0 bridgehead atoms. The first-order chi connectivity index (χ1) is 10.6. The highest BCUT2D eigenvalue weighted by Gasteiger charge is 2.19. The van der Waals surface area contributed by atoms with Gasteiger partial charge in [0, 0.05) is 9.79 Å². The van der Waals surface area contributed by atoms with Crippen LogP contribution in [0.1, 0.15) is 35.4 Å². The largest absolute Gasteiger partial charge is 0.317 e. The van der Waals surface area contributed by atoms with Crippen molar-refractivity contribution in [3.63, 3.8) is 0 Å². The number of aryl methyl sites for hydroxylation is 2. The zero-order valence-corrected chi connectivity index (χ0v) is 14.0. The summed E-state index contributed by atoms with van der Waals surface area (Å²) in [6.45, 7) is 6.30. The Hall–Kier alpha value is -1.32. The van der Waals surface area contributed by atoms with E-state index in [2.05, 4.69) is 37.4 Å². The molecule has 3 heteroatoms. The lowest BCUT2D eigenvalue weighted by atomic mass is 9.90. The summed E-state index contributed by atoms with van der Waals surface area (Å²) in [5, 5.41) is 3.38. The summed E-state index contributed by atoms with van der Waals surface area (Å²) in [6.07, 6.45) is 2.17. The molecule has 0 spiro atoms. The number of hydrogen-bond donors (Lipinski definition) is 1. The molecule has 0 atom stereocenters. The van der Waals surface area contributed by atoms with Gasteiger partial charge in [0.2, 0.25) is 0 Å². The van der Waals surface area contributed by atoms with Crippen LogP contribution >= 0.6 is 11.8 Å². The van der Waals surface area contributed by atoms with E-state index in [-0.39, 0.29) is 5.82 Å². The lowest BCUT2D eigenvalue weighted by Crippen LogP contribution is -2.26. The van der Waals surface area contributed by atoms with E-state index in [0.29, 0.717) is 5.92 Å². The van der Waals surface area contributed by atoms with Crippen LogP contribution < -0.4 is 5.32 Å². The van der Waals surface area contributed by atoms with Gasteiger partial charge in [-0.25, -0.2) is 4.39 Å². The molecule has 1 saturated heterocycles. The molecule has 0 saturated carbocycles. The molecule has 2 aromatic carbocycles. The predicted molar refractivity (Wildman–Crippen MR) is 91.3 cm³/mol. The molecule has 1 heterocycles. The van der Waals surface area contributed by atoms with Crippen molar-refractivity contribution in [2.45, 2.75) is 42.4 Å². The molecule has 116 valence electrons. The van der Waals surface area contributed by atoms with Crippen LogP contribution in [0, 0.1) is 19.7 Å². The average molecular weight is 315 g/mol. The summed E-state index contributed by atoms with van der Waals surface area (Å²) in [5.74, 6) is 0.337. The van der Waals surface area contributed by atoms with Crippen molar-refractivity contribution >= 4 is 11.8 Å². The van der Waals surface area contributed by atoms with Crippen LogP contribution in [0.25, 0.3) is 0 Å². The molecule has 1 fully saturated rings. The first-order valence-electron chi connectivity index (χ1n) is 7.89. The van der Waals surface area contributed by atoms with E-state index in [1.165, 1.54) is 26.5 Å². The van der Waals surface area contributed by atoms with Crippen LogP contribution in [0.15, 0.2) is 46.2 Å². The van der Waals surface area contributed by atoms with Crippen molar-refractivity contribution in [1.82, 2.24) is 5.32 Å². The Morgan fingerprint density at radius 3 is 2.45 bits per heavy atom. The Bertz CT molecular complexity index is 662. The van der Waals surface area contributed by atoms with Crippen molar-refractivity contribution in [3.8, 4) is 0 Å². The Kier molecular flexibility index (Phi) is 4.84. The fourth-order valence-corrected chi connectivity index (χ4v) is 4.17. The minimum absolute atomic E-state index is 0.126. The molecule has 0 amide bonds. The summed E-state index contributed by atoms with van der Waals surface area (Å²) < 4.78 is 13.7. The molecule has 1 aliphatic heterocycles. The number of rotatable bonds is 3. The Morgan fingerprint density at radius 1 is 1.00 bits per heavy atom. The van der Waals surface area contributed by atoms with E-state index in [0.717, 1.165) is 25.9 Å². The van der Waals surface area contributed by atoms with Crippen LogP contribution in [-0.4, -0.2) is 13.1 Å². The normalized spacial score (nSPS) is 16.0. The molecule has 1 nitrogen and oxygen atoms in total. The van der Waals surface area contributed by atoms with Gasteiger partial charge in [0.1, 0.15) is 5.82 Å². The number of benzene rings is 2. The molecule has 1 N–H and O–H groups in total. The highest BCUT2D eigenvalue weighted by atomic mass is 32.2. The van der Waals surface area contributed by atoms with E-state index in [4.69, 9.17) is 0 Å². The number of halogens is 1. The summed E-state index contributed by atoms with van der Waals surface area (Å²) in [7, 11) is 0. The van der Waals surface area contributed by atoms with E-state index in [1.807, 2.05) is 6.07 Å². The second kappa shape index (κ2) is 6.84. The van der Waals surface area contributed by atoms with Crippen molar-refractivity contribution in [2.24, 2.45) is 0 Å². The van der Waals surface area contributed by atoms with Gasteiger partial charge in [-0.2, -0.15) is 0 Å². The fourth-order valence-electron chi connectivity index (χ4n) is 3.10. The highest BCUT2D eigenvalue weighted by Crippen LogP contribution is 2.38. The molecule has 2 aromatic rings. The maximum absolute atomic E-state index is 13.7. The third-order valence-corrected chi connectivity index (χ3v) is 5.57. The number of nitrogens with one attached hydrogen (secondary N) is 1. The summed E-state index contributed by atoms with van der Waals surface area (Å²) >= 11 is 1.76. The van der Waals surface area contributed by atoms with Crippen molar-refractivity contribution in [1.29, 1.82) is 0 Å². The molecule has 0 radical (unpaired) electrons. The maximum atomic E-state index is 13.7. The maximum Gasteiger partial charge on any atom is 0.123 e. The summed E-state index contributed by atoms with van der Waals surface area (Å²) in [6, 6.07) is 11.8. The molecular weight excluding hydrogens is 293 g/mol. The third kappa shape index (κ3) is 3.53. The second-order valence-electron chi connectivity index (χ2n) is 6.08. The van der Waals surface area contributed by atoms with E-state index < -0.39 is 0 Å². The molecule has 1 aliphatic rings. The zero-order valence-electron chi connectivity index (χ0n) is 13.2. The highest BCUT2D eigenvalue weighted by molar-refractivity contribution is 7.99. The molecule has 0 unspecified atom stereocenters. The number of hydrogen-bond acceptors (Lipinski definition) is 2. The topological polar surface area (TPSA) is 12.0 Å². The summed E-state index contributed by atoms with van der Waals surface area (Å²) in [4.78, 5) is 2.45. The van der Waals surface area contributed by atoms with Gasteiger partial charge in [0.25, 0.3) is 0 Å². The smallest absolute Gasteiger partial charge is 0.123 e. The van der Waals surface area contributed by atoms with E-state index in [9.17, 15) is 4.39 Å². The predicted octanol–water partition coefficient (Wildman–Crippen LogP) is 5.06. The lowest BCUT2D eigenvalue weighted by Gasteiger charge is -2.25. The van der Waals surface area contributed by atoms with Crippen molar-refractivity contribution in [3.05, 3.63) is 58.9 Å². The standard InChI is InChI=1S/C19H22FNS/c1-13-3-5-18(14(2)11-13)22-19-6-4-16(20)12-17(19)15-7-9-21-10-8-15/h3-6,11-12,15,21H,7-10H2,1-2H3. The Balaban J connectivity index is 1.92. The first kappa shape index (κ1) is 15.6. The van der Waals surface area contributed by atoms with Crippen LogP contribution in [-0.2, 0) is 0 Å². The molecule has 22 heavy (non-hydrogen) atoms. The van der Waals surface area contributed by atoms with Crippen LogP contribution in [0.3, 0.4) is 0 Å². The van der Waals surface area contributed by atoms with Crippen molar-refractivity contribution in [2.75, 3.05) is 13.1 Å². The zero-order chi connectivity index (χ0) is 15.5. The average Bonchev–Trinajstić information content (AvgIpc) is 2.52. The minimum atomic E-state index is -0.126. The first-order valence-corrected chi connectivity index (χ1v) is 8.70. The monoisotopic (exact) mass is 315 g/mol. The quantitative estimate of drug-likeness (QED) is 0.849. The van der Waals surface area contributed by atoms with Gasteiger partial charge in [-0.1, -0.05) is 29.5 Å². The van der Waals surface area contributed by atoms with Crippen LogP contribution in [0.4, 0.5) is 4.39 Å². The molecule has 0 aliphatic carbocycles. The minimum Gasteiger partial charge on any atom is -0.317 e. The third-order valence-electron chi connectivity index (χ3n) is 4.30. The van der Waals surface area contributed by atoms with Gasteiger partial charge in [0.05, 0.1) is 0 Å². The molecule has 0 aromatic heterocycles. The SMILES string of the molecule is Cc1ccc(Sc2ccc(F)cc2C2CCNCC2)c(C)c1. The fraction of sp³-hybridized carbons (Fsp3) is 0.368. The molecule has 3 rings (SSSR count). The Morgan fingerprint density at radius 2 is 1.73 bits per heavy atom. The van der Waals surface area contributed by atoms with Gasteiger partial charge in [0.15, 0.2) is 0 Å². The van der Waals surface area contributed by atoms with Crippen LogP contribution in [0.2, 0.25) is 0 Å². The second-order valence-corrected chi connectivity index (χ2v) is 7.16. The number of piperidine rings is 1. The van der Waals surface area contributed by atoms with Gasteiger partial charge in [-0.3, -0.25) is 0 Å². The van der Waals surface area contributed by atoms with E-state index >= 15 is 0 Å². The van der Waals surface area contributed by atoms with E-state index in [1.54, 1.807) is 23.9 Å². The summed E-state index contributed by atoms with van der Waals surface area (Å²) in [5.41, 5.74) is 3.73. The van der Waals surface area contributed by atoms with Gasteiger partial charge >= 0.3 is 0 Å². The lowest BCUT2D eigenvalue weighted by molar-refractivity contribution is 0.454. The Labute approximate surface area is 136 Å². The van der Waals surface area contributed by atoms with Gasteiger partial charge < -0.3 is 5.32 Å². The van der Waals surface area contributed by atoms with Crippen LogP contribution in [0.5, 0.6) is 0 Å². The van der Waals surface area contributed by atoms with Crippen molar-refractivity contribution < 1.29 is 4.39 Å². The van der Waals surface area contributed by atoms with Gasteiger partial charge in [-0.15, -0.1) is 0 Å².